The van der Waals surface area contributed by atoms with Gasteiger partial charge in [-0.1, -0.05) is 47.6 Å². The Hall–Kier alpha value is -3.21. The number of benzene rings is 2. The van der Waals surface area contributed by atoms with Gasteiger partial charge in [-0.05, 0) is 30.7 Å². The molecular formula is C23H22ClN7O2S. The number of aryl methyl sites for hydroxylation is 1. The Labute approximate surface area is 204 Å². The van der Waals surface area contributed by atoms with Crippen LogP contribution >= 0.6 is 23.4 Å². The van der Waals surface area contributed by atoms with Crippen LogP contribution in [-0.2, 0) is 24.1 Å². The molecule has 0 aliphatic heterocycles. The topological polar surface area (TPSA) is 92.1 Å². The molecule has 5 rings (SSSR count). The van der Waals surface area contributed by atoms with Gasteiger partial charge in [-0.2, -0.15) is 0 Å². The van der Waals surface area contributed by atoms with Gasteiger partial charge in [0.15, 0.2) is 11.0 Å². The lowest BCUT2D eigenvalue weighted by Gasteiger charge is -2.11. The molecule has 0 amide bonds. The predicted octanol–water partition coefficient (Wildman–Crippen LogP) is 3.82. The van der Waals surface area contributed by atoms with Gasteiger partial charge in [0, 0.05) is 32.9 Å². The second-order valence-electron chi connectivity index (χ2n) is 7.71. The summed E-state index contributed by atoms with van der Waals surface area (Å²) < 4.78 is 10.7. The Bertz CT molecular complexity index is 1540. The first-order valence-corrected chi connectivity index (χ1v) is 12.1. The Morgan fingerprint density at radius 1 is 1.03 bits per heavy atom. The van der Waals surface area contributed by atoms with Crippen LogP contribution in [0.25, 0.3) is 28.1 Å². The summed E-state index contributed by atoms with van der Waals surface area (Å²) in [5.41, 5.74) is 1.51. The molecule has 0 spiro atoms. The van der Waals surface area contributed by atoms with Gasteiger partial charge in [0.05, 0.1) is 21.7 Å². The highest BCUT2D eigenvalue weighted by atomic mass is 35.5. The molecule has 0 fully saturated rings. The van der Waals surface area contributed by atoms with Gasteiger partial charge in [-0.25, -0.2) is 0 Å². The Morgan fingerprint density at radius 3 is 2.65 bits per heavy atom. The third kappa shape index (κ3) is 3.97. The van der Waals surface area contributed by atoms with E-state index in [-0.39, 0.29) is 5.56 Å². The fourth-order valence-electron chi connectivity index (χ4n) is 3.92. The summed E-state index contributed by atoms with van der Waals surface area (Å²) in [5, 5.41) is 19.5. The maximum Gasteiger partial charge on any atom is 0.262 e. The van der Waals surface area contributed by atoms with Crippen molar-refractivity contribution in [2.24, 2.45) is 7.05 Å². The van der Waals surface area contributed by atoms with Gasteiger partial charge >= 0.3 is 0 Å². The highest BCUT2D eigenvalue weighted by molar-refractivity contribution is 7.98. The van der Waals surface area contributed by atoms with Crippen molar-refractivity contribution in [2.45, 2.75) is 23.9 Å². The molecule has 0 atom stereocenters. The zero-order valence-electron chi connectivity index (χ0n) is 18.7. The molecule has 34 heavy (non-hydrogen) atoms. The summed E-state index contributed by atoms with van der Waals surface area (Å²) >= 11 is 7.96. The van der Waals surface area contributed by atoms with Crippen molar-refractivity contribution in [3.63, 3.8) is 0 Å². The van der Waals surface area contributed by atoms with Gasteiger partial charge in [-0.15, -0.1) is 20.4 Å². The third-order valence-electron chi connectivity index (χ3n) is 5.59. The molecule has 0 saturated carbocycles. The number of methoxy groups -OCH3 is 1. The number of ether oxygens (including phenoxy) is 1. The van der Waals surface area contributed by atoms with Crippen molar-refractivity contribution in [1.82, 2.24) is 33.9 Å². The Balaban J connectivity index is 1.52. The smallest absolute Gasteiger partial charge is 0.262 e. The molecule has 0 aliphatic rings. The molecule has 9 nitrogen and oxygen atoms in total. The van der Waals surface area contributed by atoms with Gasteiger partial charge < -0.3 is 9.30 Å². The first-order valence-electron chi connectivity index (χ1n) is 10.7. The van der Waals surface area contributed by atoms with Crippen LogP contribution in [0.5, 0.6) is 0 Å². The largest absolute Gasteiger partial charge is 0.385 e. The first-order chi connectivity index (χ1) is 16.6. The summed E-state index contributed by atoms with van der Waals surface area (Å²) in [6, 6.07) is 15.1. The molecule has 2 aromatic carbocycles. The van der Waals surface area contributed by atoms with Gasteiger partial charge in [0.2, 0.25) is 5.78 Å². The van der Waals surface area contributed by atoms with Crippen LogP contribution in [0, 0.1) is 0 Å². The molecule has 0 N–H and O–H groups in total. The van der Waals surface area contributed by atoms with Gasteiger partial charge in [-0.3, -0.25) is 13.8 Å². The van der Waals surface area contributed by atoms with Crippen molar-refractivity contribution in [3.8, 4) is 11.4 Å². The average molecular weight is 496 g/mol. The molecule has 5 aromatic rings. The number of rotatable bonds is 8. The van der Waals surface area contributed by atoms with Crippen LogP contribution in [0.1, 0.15) is 12.2 Å². The fraction of sp³-hybridized carbons (Fsp3) is 0.261. The van der Waals surface area contributed by atoms with E-state index in [2.05, 4.69) is 25.0 Å². The monoisotopic (exact) mass is 495 g/mol. The summed E-state index contributed by atoms with van der Waals surface area (Å²) in [5.74, 6) is 2.42. The van der Waals surface area contributed by atoms with Crippen molar-refractivity contribution in [2.75, 3.05) is 13.7 Å². The first kappa shape index (κ1) is 22.6. The number of fused-ring (bicyclic) bond motifs is 3. The van der Waals surface area contributed by atoms with E-state index in [4.69, 9.17) is 16.3 Å². The van der Waals surface area contributed by atoms with Crippen LogP contribution in [0.3, 0.4) is 0 Å². The maximum atomic E-state index is 12.7. The second kappa shape index (κ2) is 9.57. The van der Waals surface area contributed by atoms with Gasteiger partial charge in [0.25, 0.3) is 5.56 Å². The highest BCUT2D eigenvalue weighted by Gasteiger charge is 2.19. The second-order valence-corrected chi connectivity index (χ2v) is 9.06. The van der Waals surface area contributed by atoms with Crippen LogP contribution in [-0.4, -0.2) is 47.6 Å². The quantitative estimate of drug-likeness (QED) is 0.238. The van der Waals surface area contributed by atoms with E-state index in [1.54, 1.807) is 14.2 Å². The molecule has 0 aliphatic carbocycles. The fourth-order valence-corrected chi connectivity index (χ4v) is 5.02. The van der Waals surface area contributed by atoms with E-state index in [0.717, 1.165) is 28.5 Å². The van der Waals surface area contributed by atoms with Crippen molar-refractivity contribution < 1.29 is 4.74 Å². The zero-order valence-corrected chi connectivity index (χ0v) is 20.3. The number of halogens is 1. The van der Waals surface area contributed by atoms with E-state index >= 15 is 0 Å². The third-order valence-corrected chi connectivity index (χ3v) is 6.88. The molecule has 3 aromatic heterocycles. The van der Waals surface area contributed by atoms with Crippen molar-refractivity contribution in [3.05, 3.63) is 69.7 Å². The molecule has 11 heteroatoms. The normalized spacial score (nSPS) is 11.6. The SMILES string of the molecule is COCCCn1c(SCc2nnc3n(C)c(=O)c4ccccc4n23)nnc1-c1ccccc1Cl. The van der Waals surface area contributed by atoms with Crippen molar-refractivity contribution in [1.29, 1.82) is 0 Å². The maximum absolute atomic E-state index is 12.7. The van der Waals surface area contributed by atoms with Crippen LogP contribution in [0.4, 0.5) is 0 Å². The van der Waals surface area contributed by atoms with Crippen molar-refractivity contribution >= 4 is 40.0 Å². The summed E-state index contributed by atoms with van der Waals surface area (Å²) in [6.45, 7) is 1.31. The zero-order chi connectivity index (χ0) is 23.7. The molecule has 3 heterocycles. The highest BCUT2D eigenvalue weighted by Crippen LogP contribution is 2.30. The van der Waals surface area contributed by atoms with E-state index in [1.807, 2.05) is 52.9 Å². The summed E-state index contributed by atoms with van der Waals surface area (Å²) in [7, 11) is 3.39. The lowest BCUT2D eigenvalue weighted by Crippen LogP contribution is -2.20. The molecular weight excluding hydrogens is 474 g/mol. The number of para-hydroxylation sites is 1. The predicted molar refractivity (Wildman–Crippen MR) is 132 cm³/mol. The Kier molecular flexibility index (Phi) is 6.36. The summed E-state index contributed by atoms with van der Waals surface area (Å²) in [4.78, 5) is 12.7. The minimum absolute atomic E-state index is 0.100. The molecule has 0 bridgehead atoms. The molecule has 174 valence electrons. The van der Waals surface area contributed by atoms with E-state index in [0.29, 0.717) is 40.9 Å². The Morgan fingerprint density at radius 2 is 1.82 bits per heavy atom. The standard InChI is InChI=1S/C23H22ClN7O2S/c1-29-21(32)16-9-4-6-11-18(16)31-19(25-27-22(29)31)14-34-23-28-26-20(30(23)12-7-13-33-2)15-8-3-5-10-17(15)24/h3-6,8-11H,7,12-14H2,1-2H3. The molecule has 0 unspecified atom stereocenters. The molecule has 0 saturated heterocycles. The number of thioether (sulfide) groups is 1. The summed E-state index contributed by atoms with van der Waals surface area (Å²) in [6.07, 6.45) is 0.806. The number of hydrogen-bond donors (Lipinski definition) is 0. The number of nitrogens with zero attached hydrogens (tertiary/aromatic N) is 7. The lowest BCUT2D eigenvalue weighted by atomic mass is 10.2. The van der Waals surface area contributed by atoms with Crippen LogP contribution in [0.15, 0.2) is 58.5 Å². The average Bonchev–Trinajstić information content (AvgIpc) is 3.46. The van der Waals surface area contributed by atoms with Crippen LogP contribution in [0.2, 0.25) is 5.02 Å². The number of aromatic nitrogens is 7. The van der Waals surface area contributed by atoms with E-state index < -0.39 is 0 Å². The number of hydrogen-bond acceptors (Lipinski definition) is 7. The minimum atomic E-state index is -0.100. The minimum Gasteiger partial charge on any atom is -0.385 e. The van der Waals surface area contributed by atoms with Gasteiger partial charge in [0.1, 0.15) is 5.82 Å². The van der Waals surface area contributed by atoms with Crippen LogP contribution < -0.4 is 5.56 Å². The van der Waals surface area contributed by atoms with E-state index in [1.165, 1.54) is 16.3 Å². The lowest BCUT2D eigenvalue weighted by molar-refractivity contribution is 0.189. The molecule has 0 radical (unpaired) electrons. The van der Waals surface area contributed by atoms with E-state index in [9.17, 15) is 4.79 Å².